The highest BCUT2D eigenvalue weighted by Crippen LogP contribution is 2.23. The van der Waals surface area contributed by atoms with Crippen molar-refractivity contribution in [3.63, 3.8) is 0 Å². The number of anilines is 2. The highest BCUT2D eigenvalue weighted by atomic mass is 32.2. The molecule has 2 aromatic heterocycles. The van der Waals surface area contributed by atoms with Crippen molar-refractivity contribution in [3.05, 3.63) is 60.3 Å². The van der Waals surface area contributed by atoms with Gasteiger partial charge in [-0.15, -0.1) is 0 Å². The van der Waals surface area contributed by atoms with Crippen LogP contribution in [-0.4, -0.2) is 62.6 Å². The number of hydrogen-bond donors (Lipinski definition) is 1. The van der Waals surface area contributed by atoms with Gasteiger partial charge in [0, 0.05) is 43.6 Å². The molecule has 1 fully saturated rings. The second kappa shape index (κ2) is 8.00. The minimum absolute atomic E-state index is 0.205. The van der Waals surface area contributed by atoms with Crippen molar-refractivity contribution in [3.8, 4) is 5.75 Å². The summed E-state index contributed by atoms with van der Waals surface area (Å²) < 4.78 is 32.1. The molecular weight excluding hydrogens is 404 g/mol. The molecule has 1 amide bonds. The van der Waals surface area contributed by atoms with E-state index in [-0.39, 0.29) is 5.91 Å². The number of nitrogens with one attached hydrogen (secondary N) is 1. The quantitative estimate of drug-likeness (QED) is 0.674. The number of carbonyl (C=O) groups excluding carboxylic acids is 1. The van der Waals surface area contributed by atoms with Gasteiger partial charge in [0.05, 0.1) is 18.9 Å². The molecule has 0 radical (unpaired) electrons. The fourth-order valence-corrected chi connectivity index (χ4v) is 4.43. The van der Waals surface area contributed by atoms with Crippen molar-refractivity contribution >= 4 is 33.0 Å². The molecule has 8 nitrogen and oxygen atoms in total. The Hall–Kier alpha value is -3.04. The summed E-state index contributed by atoms with van der Waals surface area (Å²) in [6.45, 7) is 2.09. The number of aromatic nitrogens is 1. The molecule has 3 aromatic rings. The first kappa shape index (κ1) is 20.2. The first-order chi connectivity index (χ1) is 14.3. The Balaban J connectivity index is 1.53. The van der Waals surface area contributed by atoms with Crippen molar-refractivity contribution in [2.75, 3.05) is 49.8 Å². The Labute approximate surface area is 175 Å². The Kier molecular flexibility index (Phi) is 5.40. The predicted octanol–water partition coefficient (Wildman–Crippen LogP) is 2.28. The minimum atomic E-state index is -3.17. The number of methoxy groups -OCH3 is 1. The Morgan fingerprint density at radius 2 is 1.63 bits per heavy atom. The summed E-state index contributed by atoms with van der Waals surface area (Å²) in [5, 5.41) is 2.89. The van der Waals surface area contributed by atoms with E-state index in [9.17, 15) is 13.2 Å². The van der Waals surface area contributed by atoms with E-state index in [4.69, 9.17) is 4.74 Å². The van der Waals surface area contributed by atoms with E-state index in [0.717, 1.165) is 17.1 Å². The number of carbonyl (C=O) groups is 1. The van der Waals surface area contributed by atoms with Crippen molar-refractivity contribution in [2.24, 2.45) is 0 Å². The predicted molar refractivity (Wildman–Crippen MR) is 117 cm³/mol. The highest BCUT2D eigenvalue weighted by molar-refractivity contribution is 7.88. The fourth-order valence-electron chi connectivity index (χ4n) is 3.61. The lowest BCUT2D eigenvalue weighted by Gasteiger charge is -2.34. The number of sulfonamides is 1. The van der Waals surface area contributed by atoms with Gasteiger partial charge in [-0.2, -0.15) is 4.31 Å². The zero-order valence-electron chi connectivity index (χ0n) is 16.9. The van der Waals surface area contributed by atoms with Crippen LogP contribution in [0, 0.1) is 0 Å². The molecule has 1 N–H and O–H groups in total. The molecular formula is C21H24N4O4S. The topological polar surface area (TPSA) is 83.4 Å². The van der Waals surface area contributed by atoms with Crippen LogP contribution in [0.2, 0.25) is 0 Å². The molecule has 158 valence electrons. The monoisotopic (exact) mass is 428 g/mol. The van der Waals surface area contributed by atoms with E-state index in [1.54, 1.807) is 37.4 Å². The summed E-state index contributed by atoms with van der Waals surface area (Å²) in [5.74, 6) is 1.46. The van der Waals surface area contributed by atoms with Gasteiger partial charge in [0.15, 0.2) is 0 Å². The Morgan fingerprint density at radius 1 is 0.967 bits per heavy atom. The third-order valence-electron chi connectivity index (χ3n) is 5.27. The molecule has 1 aliphatic rings. The third kappa shape index (κ3) is 4.12. The van der Waals surface area contributed by atoms with Crippen molar-refractivity contribution in [2.45, 2.75) is 0 Å². The molecule has 4 rings (SSSR count). The molecule has 30 heavy (non-hydrogen) atoms. The molecule has 9 heteroatoms. The lowest BCUT2D eigenvalue weighted by Crippen LogP contribution is -2.48. The zero-order valence-corrected chi connectivity index (χ0v) is 17.7. The smallest absolute Gasteiger partial charge is 0.257 e. The number of pyridine rings is 1. The van der Waals surface area contributed by atoms with Gasteiger partial charge in [-0.3, -0.25) is 4.79 Å². The van der Waals surface area contributed by atoms with Gasteiger partial charge in [0.1, 0.15) is 11.6 Å². The largest absolute Gasteiger partial charge is 0.497 e. The Morgan fingerprint density at radius 3 is 2.27 bits per heavy atom. The van der Waals surface area contributed by atoms with Gasteiger partial charge >= 0.3 is 0 Å². The van der Waals surface area contributed by atoms with Gasteiger partial charge < -0.3 is 19.4 Å². The van der Waals surface area contributed by atoms with Gasteiger partial charge in [-0.25, -0.2) is 8.42 Å². The van der Waals surface area contributed by atoms with Crippen LogP contribution in [-0.2, 0) is 10.0 Å². The molecule has 1 aromatic carbocycles. The molecule has 1 saturated heterocycles. The van der Waals surface area contributed by atoms with Crippen molar-refractivity contribution < 1.29 is 17.9 Å². The fraction of sp³-hybridized carbons (Fsp3) is 0.286. The summed E-state index contributed by atoms with van der Waals surface area (Å²) >= 11 is 0. The summed E-state index contributed by atoms with van der Waals surface area (Å²) in [5.41, 5.74) is 2.19. The average Bonchev–Trinajstić information content (AvgIpc) is 3.17. The summed E-state index contributed by atoms with van der Waals surface area (Å²) in [4.78, 5) is 14.9. The molecule has 0 aliphatic carbocycles. The third-order valence-corrected chi connectivity index (χ3v) is 6.57. The zero-order chi connectivity index (χ0) is 21.3. The number of ether oxygens (including phenoxy) is 1. The van der Waals surface area contributed by atoms with E-state index >= 15 is 0 Å². The lowest BCUT2D eigenvalue weighted by atomic mass is 10.2. The maximum atomic E-state index is 12.7. The number of hydrogen-bond acceptors (Lipinski definition) is 5. The van der Waals surface area contributed by atoms with E-state index in [1.807, 2.05) is 28.8 Å². The maximum absolute atomic E-state index is 12.7. The molecule has 0 atom stereocenters. The highest BCUT2D eigenvalue weighted by Gasteiger charge is 2.24. The van der Waals surface area contributed by atoms with E-state index in [2.05, 4.69) is 10.2 Å². The molecule has 1 aliphatic heterocycles. The van der Waals surface area contributed by atoms with Crippen LogP contribution in [0.3, 0.4) is 0 Å². The molecule has 0 unspecified atom stereocenters. The van der Waals surface area contributed by atoms with Crippen LogP contribution < -0.4 is 15.0 Å². The number of rotatable bonds is 5. The lowest BCUT2D eigenvalue weighted by molar-refractivity contribution is 0.102. The van der Waals surface area contributed by atoms with Crippen LogP contribution in [0.15, 0.2) is 54.7 Å². The summed E-state index contributed by atoms with van der Waals surface area (Å²) in [6.07, 6.45) is 3.05. The molecule has 3 heterocycles. The number of benzene rings is 1. The number of piperazine rings is 1. The molecule has 0 saturated carbocycles. The van der Waals surface area contributed by atoms with Gasteiger partial charge in [-0.1, -0.05) is 0 Å². The second-order valence-electron chi connectivity index (χ2n) is 7.24. The van der Waals surface area contributed by atoms with E-state index < -0.39 is 10.0 Å². The SMILES string of the molecule is COc1ccc(NC(=O)c2ccc3ccc(N4CCN(S(C)(=O)=O)CC4)n3c2)cc1. The number of nitrogens with zero attached hydrogens (tertiary/aromatic N) is 3. The van der Waals surface area contributed by atoms with Gasteiger partial charge in [0.25, 0.3) is 5.91 Å². The summed E-state index contributed by atoms with van der Waals surface area (Å²) in [7, 11) is -1.58. The first-order valence-electron chi connectivity index (χ1n) is 9.62. The van der Waals surface area contributed by atoms with Crippen LogP contribution in [0.5, 0.6) is 5.75 Å². The van der Waals surface area contributed by atoms with Crippen LogP contribution >= 0.6 is 0 Å². The Bertz CT molecular complexity index is 1160. The minimum Gasteiger partial charge on any atom is -0.497 e. The first-order valence-corrected chi connectivity index (χ1v) is 11.5. The number of amides is 1. The number of fused-ring (bicyclic) bond motifs is 1. The maximum Gasteiger partial charge on any atom is 0.257 e. The van der Waals surface area contributed by atoms with Crippen molar-refractivity contribution in [1.29, 1.82) is 0 Å². The second-order valence-corrected chi connectivity index (χ2v) is 9.22. The summed E-state index contributed by atoms with van der Waals surface area (Å²) in [6, 6.07) is 14.8. The van der Waals surface area contributed by atoms with Gasteiger partial charge in [0.2, 0.25) is 10.0 Å². The van der Waals surface area contributed by atoms with Crippen LogP contribution in [0.25, 0.3) is 5.52 Å². The molecule has 0 bridgehead atoms. The normalized spacial score (nSPS) is 15.3. The standard InChI is InChI=1S/C21H24N4O4S/c1-29-19-8-4-17(5-9-19)22-21(26)16-3-6-18-7-10-20(25(18)15-16)23-11-13-24(14-12-23)30(2,27)28/h3-10,15H,11-14H2,1-2H3,(H,22,26). The van der Waals surface area contributed by atoms with Crippen LogP contribution in [0.1, 0.15) is 10.4 Å². The van der Waals surface area contributed by atoms with Crippen molar-refractivity contribution in [1.82, 2.24) is 8.71 Å². The van der Waals surface area contributed by atoms with E-state index in [1.165, 1.54) is 10.6 Å². The average molecular weight is 429 g/mol. The molecule has 0 spiro atoms. The van der Waals surface area contributed by atoms with Crippen LogP contribution in [0.4, 0.5) is 11.5 Å². The van der Waals surface area contributed by atoms with E-state index in [0.29, 0.717) is 37.4 Å². The van der Waals surface area contributed by atoms with Gasteiger partial charge in [-0.05, 0) is 48.5 Å².